The summed E-state index contributed by atoms with van der Waals surface area (Å²) in [6.45, 7) is 5.58. The molecule has 1 aromatic heterocycles. The Hall–Kier alpha value is -1.62. The first kappa shape index (κ1) is 13.4. The zero-order valence-corrected chi connectivity index (χ0v) is 10.4. The van der Waals surface area contributed by atoms with Crippen LogP contribution in [0.5, 0.6) is 0 Å². The van der Waals surface area contributed by atoms with Crippen LogP contribution in [-0.4, -0.2) is 16.1 Å². The Kier molecular flexibility index (Phi) is 4.07. The Labute approximate surface area is 100 Å². The zero-order chi connectivity index (χ0) is 13.1. The molecular formula is C12H18N2O3. The second-order valence-electron chi connectivity index (χ2n) is 4.79. The van der Waals surface area contributed by atoms with Crippen LogP contribution in [0.15, 0.2) is 23.1 Å². The molecule has 0 radical (unpaired) electrons. The SMILES string of the molecule is CC(C)(C)OC(=O)Cn1cc(CN)ccc1=O. The first-order valence-corrected chi connectivity index (χ1v) is 5.43. The van der Waals surface area contributed by atoms with Gasteiger partial charge in [-0.15, -0.1) is 0 Å². The molecule has 17 heavy (non-hydrogen) atoms. The summed E-state index contributed by atoms with van der Waals surface area (Å²) in [5.41, 5.74) is 5.48. The number of hydrogen-bond donors (Lipinski definition) is 1. The van der Waals surface area contributed by atoms with Crippen molar-refractivity contribution in [1.82, 2.24) is 4.57 Å². The monoisotopic (exact) mass is 238 g/mol. The van der Waals surface area contributed by atoms with Gasteiger partial charge in [0.05, 0.1) is 0 Å². The van der Waals surface area contributed by atoms with Gasteiger partial charge in [0.15, 0.2) is 0 Å². The second kappa shape index (κ2) is 5.14. The summed E-state index contributed by atoms with van der Waals surface area (Å²) in [4.78, 5) is 23.1. The standard InChI is InChI=1S/C12H18N2O3/c1-12(2,3)17-11(16)8-14-7-9(6-13)4-5-10(14)15/h4-5,7H,6,8,13H2,1-3H3. The van der Waals surface area contributed by atoms with E-state index in [1.54, 1.807) is 33.0 Å². The maximum atomic E-state index is 11.6. The van der Waals surface area contributed by atoms with E-state index in [1.165, 1.54) is 10.6 Å². The highest BCUT2D eigenvalue weighted by molar-refractivity contribution is 5.69. The molecule has 0 aliphatic rings. The number of rotatable bonds is 3. The number of carbonyl (C=O) groups excluding carboxylic acids is 1. The minimum absolute atomic E-state index is 0.0933. The van der Waals surface area contributed by atoms with Crippen LogP contribution in [0.1, 0.15) is 26.3 Å². The Morgan fingerprint density at radius 2 is 2.06 bits per heavy atom. The fourth-order valence-electron chi connectivity index (χ4n) is 1.34. The molecule has 0 unspecified atom stereocenters. The van der Waals surface area contributed by atoms with Crippen LogP contribution in [0, 0.1) is 0 Å². The van der Waals surface area contributed by atoms with Crippen LogP contribution in [0.4, 0.5) is 0 Å². The minimum atomic E-state index is -0.549. The minimum Gasteiger partial charge on any atom is -0.459 e. The van der Waals surface area contributed by atoms with E-state index in [9.17, 15) is 9.59 Å². The Bertz CT molecular complexity index is 458. The van der Waals surface area contributed by atoms with Gasteiger partial charge < -0.3 is 15.0 Å². The predicted octanol–water partition coefficient (Wildman–Crippen LogP) is 0.649. The van der Waals surface area contributed by atoms with Gasteiger partial charge in [-0.05, 0) is 26.3 Å². The molecule has 5 heteroatoms. The number of ether oxygens (including phenoxy) is 1. The highest BCUT2D eigenvalue weighted by Gasteiger charge is 2.16. The quantitative estimate of drug-likeness (QED) is 0.784. The van der Waals surface area contributed by atoms with Gasteiger partial charge in [-0.25, -0.2) is 0 Å². The van der Waals surface area contributed by atoms with Crippen LogP contribution in [-0.2, 0) is 22.6 Å². The molecule has 2 N–H and O–H groups in total. The first-order chi connectivity index (χ1) is 7.81. The molecule has 0 saturated carbocycles. The molecule has 0 aromatic carbocycles. The topological polar surface area (TPSA) is 74.3 Å². The van der Waals surface area contributed by atoms with Crippen LogP contribution >= 0.6 is 0 Å². The normalized spacial score (nSPS) is 11.3. The van der Waals surface area contributed by atoms with Crippen molar-refractivity contribution in [3.63, 3.8) is 0 Å². The number of esters is 1. The molecule has 0 amide bonds. The summed E-state index contributed by atoms with van der Waals surface area (Å²) in [5, 5.41) is 0. The Morgan fingerprint density at radius 1 is 1.41 bits per heavy atom. The fraction of sp³-hybridized carbons (Fsp3) is 0.500. The molecule has 1 rings (SSSR count). The number of pyridine rings is 1. The Morgan fingerprint density at radius 3 is 2.59 bits per heavy atom. The average molecular weight is 238 g/mol. The van der Waals surface area contributed by atoms with Crippen molar-refractivity contribution >= 4 is 5.97 Å². The third-order valence-electron chi connectivity index (χ3n) is 2.00. The summed E-state index contributed by atoms with van der Waals surface area (Å²) >= 11 is 0. The molecule has 0 spiro atoms. The van der Waals surface area contributed by atoms with Crippen molar-refractivity contribution < 1.29 is 9.53 Å². The van der Waals surface area contributed by atoms with Gasteiger partial charge >= 0.3 is 5.97 Å². The molecule has 0 atom stereocenters. The van der Waals surface area contributed by atoms with E-state index in [0.717, 1.165) is 5.56 Å². The van der Waals surface area contributed by atoms with Gasteiger partial charge in [0, 0.05) is 18.8 Å². The summed E-state index contributed by atoms with van der Waals surface area (Å²) in [6.07, 6.45) is 1.58. The number of hydrogen-bond acceptors (Lipinski definition) is 4. The maximum absolute atomic E-state index is 11.6. The highest BCUT2D eigenvalue weighted by Crippen LogP contribution is 2.07. The van der Waals surface area contributed by atoms with Crippen molar-refractivity contribution in [1.29, 1.82) is 0 Å². The maximum Gasteiger partial charge on any atom is 0.326 e. The van der Waals surface area contributed by atoms with Gasteiger partial charge in [-0.2, -0.15) is 0 Å². The van der Waals surface area contributed by atoms with E-state index in [4.69, 9.17) is 10.5 Å². The highest BCUT2D eigenvalue weighted by atomic mass is 16.6. The van der Waals surface area contributed by atoms with Crippen molar-refractivity contribution in [3.05, 3.63) is 34.2 Å². The summed E-state index contributed by atoms with van der Waals surface area (Å²) in [6, 6.07) is 3.04. The van der Waals surface area contributed by atoms with Gasteiger partial charge in [0.25, 0.3) is 5.56 Å². The van der Waals surface area contributed by atoms with Crippen LogP contribution in [0.25, 0.3) is 0 Å². The molecule has 0 aliphatic carbocycles. The lowest BCUT2D eigenvalue weighted by Gasteiger charge is -2.19. The molecule has 5 nitrogen and oxygen atoms in total. The van der Waals surface area contributed by atoms with Crippen molar-refractivity contribution in [2.45, 2.75) is 39.5 Å². The summed E-state index contributed by atoms with van der Waals surface area (Å²) < 4.78 is 6.44. The zero-order valence-electron chi connectivity index (χ0n) is 10.4. The second-order valence-corrected chi connectivity index (χ2v) is 4.79. The van der Waals surface area contributed by atoms with Gasteiger partial charge in [0.1, 0.15) is 12.1 Å². The fourth-order valence-corrected chi connectivity index (χ4v) is 1.34. The molecule has 1 heterocycles. The van der Waals surface area contributed by atoms with Gasteiger partial charge in [-0.3, -0.25) is 9.59 Å². The van der Waals surface area contributed by atoms with E-state index in [0.29, 0.717) is 6.54 Å². The average Bonchev–Trinajstić information content (AvgIpc) is 2.18. The van der Waals surface area contributed by atoms with Crippen molar-refractivity contribution in [2.24, 2.45) is 5.73 Å². The van der Waals surface area contributed by atoms with Crippen LogP contribution < -0.4 is 11.3 Å². The molecule has 94 valence electrons. The number of carbonyl (C=O) groups is 1. The Balaban J connectivity index is 2.81. The number of nitrogens with two attached hydrogens (primary N) is 1. The van der Waals surface area contributed by atoms with Crippen LogP contribution in [0.3, 0.4) is 0 Å². The predicted molar refractivity (Wildman–Crippen MR) is 64.4 cm³/mol. The first-order valence-electron chi connectivity index (χ1n) is 5.43. The molecule has 0 bridgehead atoms. The lowest BCUT2D eigenvalue weighted by atomic mass is 10.2. The molecular weight excluding hydrogens is 220 g/mol. The van der Waals surface area contributed by atoms with Crippen LogP contribution in [0.2, 0.25) is 0 Å². The number of aromatic nitrogens is 1. The molecule has 0 fully saturated rings. The number of nitrogens with zero attached hydrogens (tertiary/aromatic N) is 1. The van der Waals surface area contributed by atoms with E-state index in [1.807, 2.05) is 0 Å². The lowest BCUT2D eigenvalue weighted by Crippen LogP contribution is -2.30. The third-order valence-corrected chi connectivity index (χ3v) is 2.00. The van der Waals surface area contributed by atoms with E-state index < -0.39 is 11.6 Å². The van der Waals surface area contributed by atoms with Crippen molar-refractivity contribution in [3.8, 4) is 0 Å². The third kappa shape index (κ3) is 4.40. The molecule has 1 aromatic rings. The van der Waals surface area contributed by atoms with Gasteiger partial charge in [-0.1, -0.05) is 6.07 Å². The smallest absolute Gasteiger partial charge is 0.326 e. The van der Waals surface area contributed by atoms with E-state index in [2.05, 4.69) is 0 Å². The summed E-state index contributed by atoms with van der Waals surface area (Å²) in [5.74, 6) is -0.436. The van der Waals surface area contributed by atoms with E-state index >= 15 is 0 Å². The summed E-state index contributed by atoms with van der Waals surface area (Å²) in [7, 11) is 0. The van der Waals surface area contributed by atoms with Crippen molar-refractivity contribution in [2.75, 3.05) is 0 Å². The molecule has 0 saturated heterocycles. The molecule has 0 aliphatic heterocycles. The van der Waals surface area contributed by atoms with Gasteiger partial charge in [0.2, 0.25) is 0 Å². The lowest BCUT2D eigenvalue weighted by molar-refractivity contribution is -0.155. The largest absolute Gasteiger partial charge is 0.459 e. The van der Waals surface area contributed by atoms with E-state index in [-0.39, 0.29) is 12.1 Å².